The summed E-state index contributed by atoms with van der Waals surface area (Å²) in [6.45, 7) is 0. The third kappa shape index (κ3) is 2.87. The Kier molecular flexibility index (Phi) is 4.20. The van der Waals surface area contributed by atoms with E-state index in [2.05, 4.69) is 10.3 Å². The van der Waals surface area contributed by atoms with E-state index in [-0.39, 0.29) is 16.8 Å². The lowest BCUT2D eigenvalue weighted by Crippen LogP contribution is -2.19. The summed E-state index contributed by atoms with van der Waals surface area (Å²) in [5.74, 6) is 0.199. The Bertz CT molecular complexity index is 385. The van der Waals surface area contributed by atoms with Crippen molar-refractivity contribution >= 4 is 40.6 Å². The molecule has 1 heterocycles. The van der Waals surface area contributed by atoms with Gasteiger partial charge in [-0.15, -0.1) is 0 Å². The first kappa shape index (κ1) is 11.3. The molecule has 14 heavy (non-hydrogen) atoms. The molecule has 0 aliphatic heterocycles. The quantitative estimate of drug-likeness (QED) is 0.823. The topological polar surface area (TPSA) is 65.8 Å². The number of thioether (sulfide) groups is 1. The molecule has 0 spiro atoms. The molecule has 0 unspecified atom stereocenters. The van der Waals surface area contributed by atoms with Gasteiger partial charge in [-0.25, -0.2) is 4.98 Å². The Morgan fingerprint density at radius 3 is 3.07 bits per heavy atom. The number of hydrogen-bond acceptors (Lipinski definition) is 5. The monoisotopic (exact) mass is 247 g/mol. The van der Waals surface area contributed by atoms with Gasteiger partial charge >= 0.3 is 0 Å². The summed E-state index contributed by atoms with van der Waals surface area (Å²) in [6, 6.07) is 1.93. The van der Waals surface area contributed by atoms with E-state index in [0.717, 1.165) is 0 Å². The van der Waals surface area contributed by atoms with Crippen LogP contribution >= 0.6 is 34.7 Å². The fraction of sp³-hybridized carbons (Fsp3) is 0.286. The summed E-state index contributed by atoms with van der Waals surface area (Å²) < 4.78 is 0.634. The Morgan fingerprint density at radius 1 is 1.86 bits per heavy atom. The molecule has 0 bridgehead atoms. The predicted molar refractivity (Wildman–Crippen MR) is 56.6 cm³/mol. The van der Waals surface area contributed by atoms with Crippen LogP contribution in [0.25, 0.3) is 0 Å². The molecule has 1 aromatic heterocycles. The van der Waals surface area contributed by atoms with Crippen LogP contribution in [0.15, 0.2) is 4.34 Å². The fourth-order valence-electron chi connectivity index (χ4n) is 0.613. The van der Waals surface area contributed by atoms with Crippen LogP contribution in [0.1, 0.15) is 4.88 Å². The lowest BCUT2D eigenvalue weighted by Gasteiger charge is -1.94. The Labute approximate surface area is 94.3 Å². The minimum atomic E-state index is -0.0835. The second-order valence-corrected chi connectivity index (χ2v) is 4.75. The standard InChI is InChI=1S/C7H6ClN3OS2/c1-10-5(12)3-13-7-11-6(8)4(2-9)14-7/h3H2,1H3,(H,10,12). The molecule has 1 aromatic rings. The molecule has 0 aliphatic rings. The number of carbonyl (C=O) groups excluding carboxylic acids is 1. The van der Waals surface area contributed by atoms with E-state index >= 15 is 0 Å². The van der Waals surface area contributed by atoms with Crippen molar-refractivity contribution in [3.05, 3.63) is 10.0 Å². The maximum absolute atomic E-state index is 10.9. The SMILES string of the molecule is CNC(=O)CSc1nc(Cl)c(C#N)s1. The zero-order valence-electron chi connectivity index (χ0n) is 7.20. The minimum Gasteiger partial charge on any atom is -0.358 e. The summed E-state index contributed by atoms with van der Waals surface area (Å²) >= 11 is 8.11. The molecule has 0 saturated carbocycles. The van der Waals surface area contributed by atoms with Crippen molar-refractivity contribution < 1.29 is 4.79 Å². The lowest BCUT2D eigenvalue weighted by atomic mass is 10.6. The molecule has 1 N–H and O–H groups in total. The van der Waals surface area contributed by atoms with Gasteiger partial charge < -0.3 is 5.32 Å². The third-order valence-corrected chi connectivity index (χ3v) is 3.76. The first-order valence-corrected chi connectivity index (χ1v) is 5.75. The van der Waals surface area contributed by atoms with Crippen LogP contribution in [-0.4, -0.2) is 23.7 Å². The molecule has 4 nitrogen and oxygen atoms in total. The summed E-state index contributed by atoms with van der Waals surface area (Å²) in [5, 5.41) is 11.3. The van der Waals surface area contributed by atoms with Gasteiger partial charge in [0, 0.05) is 7.05 Å². The smallest absolute Gasteiger partial charge is 0.230 e. The van der Waals surface area contributed by atoms with Crippen molar-refractivity contribution in [1.82, 2.24) is 10.3 Å². The van der Waals surface area contributed by atoms with Gasteiger partial charge in [-0.1, -0.05) is 34.7 Å². The number of rotatable bonds is 3. The van der Waals surface area contributed by atoms with E-state index in [0.29, 0.717) is 9.22 Å². The summed E-state index contributed by atoms with van der Waals surface area (Å²) in [5.41, 5.74) is 0. The number of hydrogen-bond donors (Lipinski definition) is 1. The van der Waals surface area contributed by atoms with Gasteiger partial charge in [-0.2, -0.15) is 5.26 Å². The number of nitrogens with zero attached hydrogens (tertiary/aromatic N) is 2. The van der Waals surface area contributed by atoms with Crippen molar-refractivity contribution in [3.8, 4) is 6.07 Å². The van der Waals surface area contributed by atoms with Crippen LogP contribution in [0, 0.1) is 11.3 Å². The van der Waals surface area contributed by atoms with Gasteiger partial charge in [0.2, 0.25) is 5.91 Å². The van der Waals surface area contributed by atoms with E-state index in [1.807, 2.05) is 6.07 Å². The molecule has 0 aliphatic carbocycles. The minimum absolute atomic E-state index is 0.0835. The van der Waals surface area contributed by atoms with Crippen LogP contribution in [0.5, 0.6) is 0 Å². The van der Waals surface area contributed by atoms with E-state index in [4.69, 9.17) is 16.9 Å². The summed E-state index contributed by atoms with van der Waals surface area (Å²) in [7, 11) is 1.57. The zero-order chi connectivity index (χ0) is 10.6. The second-order valence-electron chi connectivity index (χ2n) is 2.17. The highest BCUT2D eigenvalue weighted by Crippen LogP contribution is 2.29. The van der Waals surface area contributed by atoms with Gasteiger partial charge in [0.1, 0.15) is 10.9 Å². The lowest BCUT2D eigenvalue weighted by molar-refractivity contribution is -0.118. The number of carbonyl (C=O) groups is 1. The van der Waals surface area contributed by atoms with Crippen LogP contribution in [0.2, 0.25) is 5.15 Å². The molecule has 1 amide bonds. The Balaban J connectivity index is 2.61. The normalized spacial score (nSPS) is 9.50. The Morgan fingerprint density at radius 2 is 2.57 bits per heavy atom. The van der Waals surface area contributed by atoms with Gasteiger partial charge in [0.05, 0.1) is 5.75 Å². The highest BCUT2D eigenvalue weighted by Gasteiger charge is 2.10. The van der Waals surface area contributed by atoms with Crippen molar-refractivity contribution in [2.24, 2.45) is 0 Å². The number of thiazole rings is 1. The number of aromatic nitrogens is 1. The highest BCUT2D eigenvalue weighted by atomic mass is 35.5. The molecule has 0 aromatic carbocycles. The van der Waals surface area contributed by atoms with E-state index in [9.17, 15) is 4.79 Å². The molecule has 0 saturated heterocycles. The van der Waals surface area contributed by atoms with Crippen LogP contribution in [-0.2, 0) is 4.79 Å². The van der Waals surface area contributed by atoms with Crippen LogP contribution in [0.3, 0.4) is 0 Å². The predicted octanol–water partition coefficient (Wildman–Crippen LogP) is 1.51. The van der Waals surface area contributed by atoms with Crippen molar-refractivity contribution in [2.45, 2.75) is 4.34 Å². The molecule has 1 rings (SSSR count). The number of amides is 1. The summed E-state index contributed by atoms with van der Waals surface area (Å²) in [4.78, 5) is 15.2. The van der Waals surface area contributed by atoms with Crippen molar-refractivity contribution in [1.29, 1.82) is 5.26 Å². The van der Waals surface area contributed by atoms with E-state index in [1.54, 1.807) is 7.05 Å². The molecule has 0 atom stereocenters. The first-order valence-electron chi connectivity index (χ1n) is 3.57. The number of nitrogens with one attached hydrogen (secondary N) is 1. The van der Waals surface area contributed by atoms with Gasteiger partial charge in [0.25, 0.3) is 0 Å². The van der Waals surface area contributed by atoms with Crippen molar-refractivity contribution in [2.75, 3.05) is 12.8 Å². The van der Waals surface area contributed by atoms with Gasteiger partial charge in [0.15, 0.2) is 9.49 Å². The van der Waals surface area contributed by atoms with Crippen molar-refractivity contribution in [3.63, 3.8) is 0 Å². The van der Waals surface area contributed by atoms with Crippen LogP contribution in [0.4, 0.5) is 0 Å². The second kappa shape index (κ2) is 5.20. The molecule has 0 fully saturated rings. The average molecular weight is 248 g/mol. The largest absolute Gasteiger partial charge is 0.358 e. The molecular weight excluding hydrogens is 242 g/mol. The maximum Gasteiger partial charge on any atom is 0.230 e. The third-order valence-electron chi connectivity index (χ3n) is 1.27. The average Bonchev–Trinajstić information content (AvgIpc) is 2.55. The molecule has 0 radical (unpaired) electrons. The summed E-state index contributed by atoms with van der Waals surface area (Å²) in [6.07, 6.45) is 0. The Hall–Kier alpha value is -0.770. The van der Waals surface area contributed by atoms with E-state index < -0.39 is 0 Å². The van der Waals surface area contributed by atoms with Gasteiger partial charge in [-0.05, 0) is 0 Å². The molecule has 74 valence electrons. The number of halogens is 1. The highest BCUT2D eigenvalue weighted by molar-refractivity contribution is 8.01. The van der Waals surface area contributed by atoms with E-state index in [1.165, 1.54) is 23.1 Å². The molecule has 7 heteroatoms. The fourth-order valence-corrected chi connectivity index (χ4v) is 2.66. The van der Waals surface area contributed by atoms with Gasteiger partial charge in [-0.3, -0.25) is 4.79 Å². The number of nitriles is 1. The zero-order valence-corrected chi connectivity index (χ0v) is 9.59. The first-order chi connectivity index (χ1) is 6.67. The maximum atomic E-state index is 10.9. The molecular formula is C7H6ClN3OS2. The van der Waals surface area contributed by atoms with Crippen LogP contribution < -0.4 is 5.32 Å².